The van der Waals surface area contributed by atoms with Crippen molar-refractivity contribution in [2.45, 2.75) is 20.4 Å². The van der Waals surface area contributed by atoms with Gasteiger partial charge in [-0.15, -0.1) is 0 Å². The average molecular weight is 293 g/mol. The zero-order chi connectivity index (χ0) is 15.5. The van der Waals surface area contributed by atoms with Gasteiger partial charge in [0, 0.05) is 22.7 Å². The van der Waals surface area contributed by atoms with E-state index in [0.717, 1.165) is 28.5 Å². The molecule has 0 N–H and O–H groups in total. The molecule has 0 unspecified atom stereocenters. The molecule has 3 rings (SSSR count). The monoisotopic (exact) mass is 293 g/mol. The molecule has 3 nitrogen and oxygen atoms in total. The molecule has 0 aliphatic rings. The summed E-state index contributed by atoms with van der Waals surface area (Å²) in [5.41, 5.74) is 4.19. The van der Waals surface area contributed by atoms with Gasteiger partial charge in [-0.3, -0.25) is 4.79 Å². The molecule has 1 aromatic heterocycles. The number of fused-ring (bicyclic) bond motifs is 1. The quantitative estimate of drug-likeness (QED) is 0.662. The molecular weight excluding hydrogens is 274 g/mol. The smallest absolute Gasteiger partial charge is 0.152 e. The second kappa shape index (κ2) is 6.06. The third kappa shape index (κ3) is 2.89. The van der Waals surface area contributed by atoms with Crippen LogP contribution in [0.5, 0.6) is 5.75 Å². The molecule has 3 aromatic rings. The summed E-state index contributed by atoms with van der Waals surface area (Å²) in [6.45, 7) is 5.41. The molecule has 0 aliphatic heterocycles. The standard InChI is InChI=1S/C19H19NO2/c1-14-9-15(2)11-17(10-14)22-8-7-20-12-16(13-21)18-5-3-4-6-19(18)20/h3-6,9-13H,7-8H2,1-2H3. The highest BCUT2D eigenvalue weighted by molar-refractivity contribution is 5.97. The van der Waals surface area contributed by atoms with Gasteiger partial charge in [0.05, 0.1) is 6.54 Å². The Labute approximate surface area is 130 Å². The topological polar surface area (TPSA) is 31.2 Å². The van der Waals surface area contributed by atoms with Gasteiger partial charge < -0.3 is 9.30 Å². The minimum atomic E-state index is 0.569. The van der Waals surface area contributed by atoms with Gasteiger partial charge in [-0.25, -0.2) is 0 Å². The van der Waals surface area contributed by atoms with Crippen LogP contribution in [0.4, 0.5) is 0 Å². The molecule has 0 amide bonds. The second-order valence-electron chi connectivity index (χ2n) is 5.58. The Morgan fingerprint density at radius 3 is 2.55 bits per heavy atom. The minimum absolute atomic E-state index is 0.569. The Kier molecular flexibility index (Phi) is 3.96. The van der Waals surface area contributed by atoms with Gasteiger partial charge in [0.2, 0.25) is 0 Å². The number of carbonyl (C=O) groups excluding carboxylic acids is 1. The Balaban J connectivity index is 1.75. The van der Waals surface area contributed by atoms with Crippen molar-refractivity contribution >= 4 is 17.2 Å². The van der Waals surface area contributed by atoms with Crippen LogP contribution in [-0.4, -0.2) is 17.5 Å². The third-order valence-corrected chi connectivity index (χ3v) is 3.74. The Morgan fingerprint density at radius 2 is 1.82 bits per heavy atom. The maximum absolute atomic E-state index is 11.2. The minimum Gasteiger partial charge on any atom is -0.492 e. The molecule has 22 heavy (non-hydrogen) atoms. The van der Waals surface area contributed by atoms with Gasteiger partial charge in [-0.05, 0) is 43.2 Å². The lowest BCUT2D eigenvalue weighted by Crippen LogP contribution is -2.07. The summed E-state index contributed by atoms with van der Waals surface area (Å²) in [5, 5.41) is 0.990. The summed E-state index contributed by atoms with van der Waals surface area (Å²) in [7, 11) is 0. The van der Waals surface area contributed by atoms with Crippen LogP contribution in [-0.2, 0) is 6.54 Å². The molecule has 0 fully saturated rings. The summed E-state index contributed by atoms with van der Waals surface area (Å²) in [4.78, 5) is 11.2. The number of benzene rings is 2. The third-order valence-electron chi connectivity index (χ3n) is 3.74. The van der Waals surface area contributed by atoms with Gasteiger partial charge >= 0.3 is 0 Å². The van der Waals surface area contributed by atoms with Crippen LogP contribution in [0.25, 0.3) is 10.9 Å². The SMILES string of the molecule is Cc1cc(C)cc(OCCn2cc(C=O)c3ccccc32)c1. The van der Waals surface area contributed by atoms with Crippen molar-refractivity contribution < 1.29 is 9.53 Å². The summed E-state index contributed by atoms with van der Waals surface area (Å²) < 4.78 is 7.93. The van der Waals surface area contributed by atoms with E-state index in [1.165, 1.54) is 11.1 Å². The van der Waals surface area contributed by atoms with Gasteiger partial charge in [0.25, 0.3) is 0 Å². The van der Waals surface area contributed by atoms with Crippen molar-refractivity contribution in [2.75, 3.05) is 6.61 Å². The Morgan fingerprint density at radius 1 is 1.09 bits per heavy atom. The van der Waals surface area contributed by atoms with Crippen LogP contribution >= 0.6 is 0 Å². The first-order chi connectivity index (χ1) is 10.7. The number of nitrogens with zero attached hydrogens (tertiary/aromatic N) is 1. The number of rotatable bonds is 5. The van der Waals surface area contributed by atoms with Crippen LogP contribution in [0.3, 0.4) is 0 Å². The Bertz CT molecular complexity index is 797. The number of aryl methyl sites for hydroxylation is 2. The molecule has 0 spiro atoms. The summed E-state index contributed by atoms with van der Waals surface area (Å²) in [5.74, 6) is 0.893. The first-order valence-electron chi connectivity index (χ1n) is 7.41. The zero-order valence-electron chi connectivity index (χ0n) is 12.9. The van der Waals surface area contributed by atoms with E-state index >= 15 is 0 Å². The number of para-hydroxylation sites is 1. The fraction of sp³-hybridized carbons (Fsp3) is 0.211. The van der Waals surface area contributed by atoms with Crippen LogP contribution in [0.2, 0.25) is 0 Å². The largest absolute Gasteiger partial charge is 0.492 e. The summed E-state index contributed by atoms with van der Waals surface area (Å²) in [6, 6.07) is 14.1. The first-order valence-corrected chi connectivity index (χ1v) is 7.41. The molecule has 0 radical (unpaired) electrons. The highest BCUT2D eigenvalue weighted by Crippen LogP contribution is 2.20. The molecule has 1 heterocycles. The predicted molar refractivity (Wildman–Crippen MR) is 88.7 cm³/mol. The number of hydrogen-bond acceptors (Lipinski definition) is 2. The molecule has 3 heteroatoms. The number of aldehydes is 1. The van der Waals surface area contributed by atoms with Gasteiger partial charge in [0.15, 0.2) is 6.29 Å². The van der Waals surface area contributed by atoms with Crippen LogP contribution in [0, 0.1) is 13.8 Å². The number of ether oxygens (including phenoxy) is 1. The van der Waals surface area contributed by atoms with Crippen molar-refractivity contribution in [1.29, 1.82) is 0 Å². The molecule has 0 atom stereocenters. The zero-order valence-corrected chi connectivity index (χ0v) is 12.9. The van der Waals surface area contributed by atoms with Crippen LogP contribution < -0.4 is 4.74 Å². The highest BCUT2D eigenvalue weighted by Gasteiger charge is 2.07. The van der Waals surface area contributed by atoms with E-state index in [-0.39, 0.29) is 0 Å². The molecule has 2 aromatic carbocycles. The molecule has 0 aliphatic carbocycles. The van der Waals surface area contributed by atoms with E-state index in [2.05, 4.69) is 24.5 Å². The van der Waals surface area contributed by atoms with E-state index in [1.807, 2.05) is 42.6 Å². The summed E-state index contributed by atoms with van der Waals surface area (Å²) >= 11 is 0. The summed E-state index contributed by atoms with van der Waals surface area (Å²) in [6.07, 6.45) is 2.80. The average Bonchev–Trinajstić information content (AvgIpc) is 2.85. The number of carbonyl (C=O) groups is 1. The van der Waals surface area contributed by atoms with Crippen LogP contribution in [0.15, 0.2) is 48.7 Å². The maximum atomic E-state index is 11.2. The second-order valence-corrected chi connectivity index (χ2v) is 5.58. The predicted octanol–water partition coefficient (Wildman–Crippen LogP) is 4.15. The fourth-order valence-electron chi connectivity index (χ4n) is 2.83. The lowest BCUT2D eigenvalue weighted by atomic mass is 10.1. The molecule has 0 bridgehead atoms. The molecule has 112 valence electrons. The van der Waals surface area contributed by atoms with E-state index in [9.17, 15) is 4.79 Å². The van der Waals surface area contributed by atoms with Crippen molar-refractivity contribution in [3.8, 4) is 5.75 Å². The van der Waals surface area contributed by atoms with E-state index < -0.39 is 0 Å². The van der Waals surface area contributed by atoms with Crippen LogP contribution in [0.1, 0.15) is 21.5 Å². The van der Waals surface area contributed by atoms with Gasteiger partial charge in [-0.1, -0.05) is 24.3 Å². The lowest BCUT2D eigenvalue weighted by Gasteiger charge is -2.09. The van der Waals surface area contributed by atoms with Crippen molar-refractivity contribution in [2.24, 2.45) is 0 Å². The molecule has 0 saturated carbocycles. The fourth-order valence-corrected chi connectivity index (χ4v) is 2.83. The van der Waals surface area contributed by atoms with E-state index in [1.54, 1.807) is 0 Å². The highest BCUT2D eigenvalue weighted by atomic mass is 16.5. The van der Waals surface area contributed by atoms with Gasteiger partial charge in [-0.2, -0.15) is 0 Å². The van der Waals surface area contributed by atoms with Crippen molar-refractivity contribution in [3.63, 3.8) is 0 Å². The molecular formula is C19H19NO2. The first kappa shape index (κ1) is 14.4. The van der Waals surface area contributed by atoms with Gasteiger partial charge in [0.1, 0.15) is 12.4 Å². The number of hydrogen-bond donors (Lipinski definition) is 0. The Hall–Kier alpha value is -2.55. The normalized spacial score (nSPS) is 10.8. The van der Waals surface area contributed by atoms with E-state index in [4.69, 9.17) is 4.74 Å². The number of aromatic nitrogens is 1. The lowest BCUT2D eigenvalue weighted by molar-refractivity contribution is 0.112. The van der Waals surface area contributed by atoms with E-state index in [0.29, 0.717) is 13.2 Å². The maximum Gasteiger partial charge on any atom is 0.152 e. The van der Waals surface area contributed by atoms with Crippen molar-refractivity contribution in [1.82, 2.24) is 4.57 Å². The van der Waals surface area contributed by atoms with Crippen molar-refractivity contribution in [3.05, 3.63) is 65.4 Å². The molecule has 0 saturated heterocycles.